The summed E-state index contributed by atoms with van der Waals surface area (Å²) in [4.78, 5) is 39.1. The van der Waals surface area contributed by atoms with Crippen molar-refractivity contribution >= 4 is 40.5 Å². The molecule has 10 heteroatoms. The zero-order valence-corrected chi connectivity index (χ0v) is 17.9. The third kappa shape index (κ3) is 6.16. The van der Waals surface area contributed by atoms with Crippen LogP contribution < -0.4 is 15.5 Å². The topological polar surface area (TPSA) is 108 Å². The van der Waals surface area contributed by atoms with E-state index in [9.17, 15) is 19.7 Å². The van der Waals surface area contributed by atoms with Crippen LogP contribution in [0.3, 0.4) is 0 Å². The zero-order valence-electron chi connectivity index (χ0n) is 17.1. The molecule has 2 amide bonds. The standard InChI is InChI=1S/C21H24ClN5O4/c1-15-2-5-18(27(30)31)14-19(15)24-21(29)20(28)23-8-9-25-10-12-26(13-11-25)17-6-3-16(22)4-7-17/h2-7,14H,8-13H2,1H3,(H,23,28)(H,24,29). The number of hydrogen-bond acceptors (Lipinski definition) is 6. The van der Waals surface area contributed by atoms with E-state index in [1.807, 2.05) is 24.3 Å². The lowest BCUT2D eigenvalue weighted by Gasteiger charge is -2.36. The highest BCUT2D eigenvalue weighted by molar-refractivity contribution is 6.39. The first-order valence-corrected chi connectivity index (χ1v) is 10.3. The first kappa shape index (κ1) is 22.5. The van der Waals surface area contributed by atoms with Gasteiger partial charge in [-0.2, -0.15) is 0 Å². The first-order chi connectivity index (χ1) is 14.8. The second-order valence-corrected chi connectivity index (χ2v) is 7.71. The van der Waals surface area contributed by atoms with Gasteiger partial charge in [0.05, 0.1) is 10.6 Å². The second-order valence-electron chi connectivity index (χ2n) is 7.27. The van der Waals surface area contributed by atoms with Crippen LogP contribution in [-0.2, 0) is 9.59 Å². The van der Waals surface area contributed by atoms with Gasteiger partial charge in [-0.15, -0.1) is 0 Å². The van der Waals surface area contributed by atoms with Crippen LogP contribution in [0.1, 0.15) is 5.56 Å². The number of rotatable bonds is 6. The highest BCUT2D eigenvalue weighted by Crippen LogP contribution is 2.22. The molecule has 2 aromatic rings. The van der Waals surface area contributed by atoms with Gasteiger partial charge < -0.3 is 15.5 Å². The Kier molecular flexibility index (Phi) is 7.43. The number of piperazine rings is 1. The Balaban J connectivity index is 1.41. The molecule has 2 aromatic carbocycles. The smallest absolute Gasteiger partial charge is 0.313 e. The van der Waals surface area contributed by atoms with Gasteiger partial charge in [-0.25, -0.2) is 0 Å². The average molecular weight is 446 g/mol. The molecule has 0 spiro atoms. The molecule has 164 valence electrons. The number of carbonyl (C=O) groups excluding carboxylic acids is 2. The summed E-state index contributed by atoms with van der Waals surface area (Å²) in [6.07, 6.45) is 0. The van der Waals surface area contributed by atoms with E-state index in [0.29, 0.717) is 23.7 Å². The van der Waals surface area contributed by atoms with Crippen LogP contribution >= 0.6 is 11.6 Å². The number of non-ortho nitro benzene ring substituents is 1. The number of benzene rings is 2. The summed E-state index contributed by atoms with van der Waals surface area (Å²) in [5.41, 5.74) is 1.85. The number of hydrogen-bond donors (Lipinski definition) is 2. The third-order valence-electron chi connectivity index (χ3n) is 5.16. The van der Waals surface area contributed by atoms with Gasteiger partial charge >= 0.3 is 11.8 Å². The number of nitrogens with one attached hydrogen (secondary N) is 2. The molecule has 1 heterocycles. The molecule has 0 bridgehead atoms. The zero-order chi connectivity index (χ0) is 22.4. The van der Waals surface area contributed by atoms with Crippen molar-refractivity contribution in [2.24, 2.45) is 0 Å². The van der Waals surface area contributed by atoms with Crippen molar-refractivity contribution in [3.05, 3.63) is 63.2 Å². The molecular formula is C21H24ClN5O4. The summed E-state index contributed by atoms with van der Waals surface area (Å²) in [5, 5.41) is 16.6. The van der Waals surface area contributed by atoms with Crippen molar-refractivity contribution in [1.82, 2.24) is 10.2 Å². The lowest BCUT2D eigenvalue weighted by molar-refractivity contribution is -0.384. The lowest BCUT2D eigenvalue weighted by atomic mass is 10.2. The Morgan fingerprint density at radius 3 is 2.39 bits per heavy atom. The van der Waals surface area contributed by atoms with Crippen LogP contribution in [0.2, 0.25) is 5.02 Å². The molecule has 0 aromatic heterocycles. The van der Waals surface area contributed by atoms with E-state index in [0.717, 1.165) is 31.9 Å². The van der Waals surface area contributed by atoms with Crippen molar-refractivity contribution in [3.8, 4) is 0 Å². The number of halogens is 1. The Hall–Kier alpha value is -3.17. The number of nitro benzene ring substituents is 1. The van der Waals surface area contributed by atoms with Gasteiger partial charge in [-0.1, -0.05) is 17.7 Å². The van der Waals surface area contributed by atoms with Crippen LogP contribution in [0.15, 0.2) is 42.5 Å². The Bertz CT molecular complexity index is 959. The Morgan fingerprint density at radius 1 is 1.06 bits per heavy atom. The van der Waals surface area contributed by atoms with Gasteiger partial charge in [0.2, 0.25) is 0 Å². The predicted molar refractivity (Wildman–Crippen MR) is 120 cm³/mol. The highest BCUT2D eigenvalue weighted by atomic mass is 35.5. The normalized spacial score (nSPS) is 14.2. The number of nitrogens with zero attached hydrogens (tertiary/aromatic N) is 3. The van der Waals surface area contributed by atoms with Crippen LogP contribution in [0.25, 0.3) is 0 Å². The minimum absolute atomic E-state index is 0.154. The fourth-order valence-corrected chi connectivity index (χ4v) is 3.45. The van der Waals surface area contributed by atoms with Crippen LogP contribution in [0.5, 0.6) is 0 Å². The molecule has 0 saturated carbocycles. The number of carbonyl (C=O) groups is 2. The second kappa shape index (κ2) is 10.2. The first-order valence-electron chi connectivity index (χ1n) is 9.90. The molecule has 31 heavy (non-hydrogen) atoms. The van der Waals surface area contributed by atoms with Crippen LogP contribution in [0, 0.1) is 17.0 Å². The summed E-state index contributed by atoms with van der Waals surface area (Å²) >= 11 is 5.93. The predicted octanol–water partition coefficient (Wildman–Crippen LogP) is 2.43. The molecule has 1 aliphatic heterocycles. The van der Waals surface area contributed by atoms with Crippen LogP contribution in [-0.4, -0.2) is 60.9 Å². The van der Waals surface area contributed by atoms with E-state index in [1.54, 1.807) is 6.92 Å². The number of amides is 2. The molecule has 9 nitrogen and oxygen atoms in total. The summed E-state index contributed by atoms with van der Waals surface area (Å²) in [6.45, 7) is 6.07. The average Bonchev–Trinajstić information content (AvgIpc) is 2.76. The van der Waals surface area contributed by atoms with E-state index in [1.165, 1.54) is 18.2 Å². The number of anilines is 2. The fourth-order valence-electron chi connectivity index (χ4n) is 3.33. The maximum Gasteiger partial charge on any atom is 0.313 e. The van der Waals surface area contributed by atoms with Crippen molar-refractivity contribution in [3.63, 3.8) is 0 Å². The third-order valence-corrected chi connectivity index (χ3v) is 5.42. The van der Waals surface area contributed by atoms with E-state index < -0.39 is 16.7 Å². The number of aryl methyl sites for hydroxylation is 1. The van der Waals surface area contributed by atoms with Gasteiger partial charge in [0.25, 0.3) is 5.69 Å². The molecule has 2 N–H and O–H groups in total. The Morgan fingerprint density at radius 2 is 1.74 bits per heavy atom. The van der Waals surface area contributed by atoms with E-state index in [-0.39, 0.29) is 11.4 Å². The SMILES string of the molecule is Cc1ccc([N+](=O)[O-])cc1NC(=O)C(=O)NCCN1CCN(c2ccc(Cl)cc2)CC1. The highest BCUT2D eigenvalue weighted by Gasteiger charge is 2.19. The fraction of sp³-hybridized carbons (Fsp3) is 0.333. The van der Waals surface area contributed by atoms with Crippen LogP contribution in [0.4, 0.5) is 17.1 Å². The van der Waals surface area contributed by atoms with Gasteiger partial charge in [0.1, 0.15) is 0 Å². The minimum atomic E-state index is -0.851. The van der Waals surface area contributed by atoms with Crippen molar-refractivity contribution in [2.45, 2.75) is 6.92 Å². The van der Waals surface area contributed by atoms with Gasteiger partial charge in [0.15, 0.2) is 0 Å². The van der Waals surface area contributed by atoms with Gasteiger partial charge in [0, 0.05) is 62.1 Å². The molecule has 1 fully saturated rings. The van der Waals surface area contributed by atoms with Crippen molar-refractivity contribution < 1.29 is 14.5 Å². The largest absolute Gasteiger partial charge is 0.369 e. The maximum atomic E-state index is 12.1. The molecule has 1 aliphatic rings. The van der Waals surface area contributed by atoms with E-state index in [2.05, 4.69) is 20.4 Å². The minimum Gasteiger partial charge on any atom is -0.369 e. The molecule has 1 saturated heterocycles. The molecule has 0 aliphatic carbocycles. The maximum absolute atomic E-state index is 12.1. The van der Waals surface area contributed by atoms with Crippen molar-refractivity contribution in [1.29, 1.82) is 0 Å². The molecular weight excluding hydrogens is 422 g/mol. The monoisotopic (exact) mass is 445 g/mol. The Labute approximate surface area is 185 Å². The molecule has 0 atom stereocenters. The molecule has 3 rings (SSSR count). The molecule has 0 radical (unpaired) electrons. The van der Waals surface area contributed by atoms with Gasteiger partial charge in [-0.05, 0) is 36.8 Å². The van der Waals surface area contributed by atoms with E-state index in [4.69, 9.17) is 11.6 Å². The lowest BCUT2D eigenvalue weighted by Crippen LogP contribution is -2.49. The summed E-state index contributed by atoms with van der Waals surface area (Å²) in [7, 11) is 0. The summed E-state index contributed by atoms with van der Waals surface area (Å²) < 4.78 is 0. The van der Waals surface area contributed by atoms with Crippen molar-refractivity contribution in [2.75, 3.05) is 49.5 Å². The summed E-state index contributed by atoms with van der Waals surface area (Å²) in [5.74, 6) is -1.62. The quantitative estimate of drug-likeness (QED) is 0.401. The van der Waals surface area contributed by atoms with Gasteiger partial charge in [-0.3, -0.25) is 24.6 Å². The molecule has 0 unspecified atom stereocenters. The summed E-state index contributed by atoms with van der Waals surface area (Å²) in [6, 6.07) is 11.9. The number of nitro groups is 1. The van der Waals surface area contributed by atoms with E-state index >= 15 is 0 Å².